The van der Waals surface area contributed by atoms with Gasteiger partial charge in [0.1, 0.15) is 29.1 Å². The van der Waals surface area contributed by atoms with Crippen LogP contribution in [-0.4, -0.2) is 31.3 Å². The van der Waals surface area contributed by atoms with Gasteiger partial charge in [-0.25, -0.2) is 14.0 Å². The third-order valence-corrected chi connectivity index (χ3v) is 7.45. The first-order valence-corrected chi connectivity index (χ1v) is 13.7. The van der Waals surface area contributed by atoms with Crippen LogP contribution in [-0.2, 0) is 4.74 Å². The number of nitriles is 1. The lowest BCUT2D eigenvalue weighted by Crippen LogP contribution is -2.09. The molecule has 0 radical (unpaired) electrons. The van der Waals surface area contributed by atoms with E-state index in [1.807, 2.05) is 25.1 Å². The van der Waals surface area contributed by atoms with Crippen LogP contribution in [0.1, 0.15) is 63.1 Å². The maximum atomic E-state index is 14.0. The van der Waals surface area contributed by atoms with Gasteiger partial charge in [0.05, 0.1) is 36.0 Å². The van der Waals surface area contributed by atoms with Gasteiger partial charge in [0, 0.05) is 5.92 Å². The Labute approximate surface area is 242 Å². The lowest BCUT2D eigenvalue weighted by Gasteiger charge is -2.10. The average molecular weight is 564 g/mol. The van der Waals surface area contributed by atoms with Crippen LogP contribution in [0.2, 0.25) is 0 Å². The van der Waals surface area contributed by atoms with Crippen molar-refractivity contribution < 1.29 is 32.9 Å². The molecule has 210 valence electrons. The molecule has 42 heavy (non-hydrogen) atoms. The smallest absolute Gasteiger partial charge is 0.343 e. The van der Waals surface area contributed by atoms with Crippen molar-refractivity contribution in [3.05, 3.63) is 112 Å². The maximum Gasteiger partial charge on any atom is 0.343 e. The minimum absolute atomic E-state index is 0.0105. The Morgan fingerprint density at radius 3 is 2.00 bits per heavy atom. The highest BCUT2D eigenvalue weighted by atomic mass is 19.1. The summed E-state index contributed by atoms with van der Waals surface area (Å²) >= 11 is 0. The van der Waals surface area contributed by atoms with Gasteiger partial charge in [-0.15, -0.1) is 0 Å². The number of esters is 2. The molecular weight excluding hydrogens is 537 g/mol. The fourth-order valence-electron chi connectivity index (χ4n) is 5.07. The number of benzene rings is 4. The van der Waals surface area contributed by atoms with Crippen molar-refractivity contribution in [2.75, 3.05) is 13.2 Å². The molecule has 2 atom stereocenters. The molecule has 4 aromatic rings. The molecule has 0 spiro atoms. The third-order valence-electron chi connectivity index (χ3n) is 7.45. The highest BCUT2D eigenvalue weighted by Gasteiger charge is 2.27. The van der Waals surface area contributed by atoms with E-state index >= 15 is 0 Å². The van der Waals surface area contributed by atoms with Gasteiger partial charge >= 0.3 is 11.9 Å². The van der Waals surface area contributed by atoms with Crippen LogP contribution in [0.15, 0.2) is 78.9 Å². The number of nitrogens with zero attached hydrogens (tertiary/aromatic N) is 1. The van der Waals surface area contributed by atoms with Crippen molar-refractivity contribution in [3.8, 4) is 34.4 Å². The standard InChI is InChI=1S/C34H26FNO6/c1-20-30-16-25(41-33(37)21-6-8-24(9-7-21)39-14-2-3-27-19-40-27)10-12-28(30)29-13-11-26(17-31(20)29)42-34(38)22-4-5-23(18-36)32(35)15-22/h4-13,15-17,20,27H,2-3,14,19H2,1H3. The number of carbonyl (C=O) groups is 2. The van der Waals surface area contributed by atoms with Crippen LogP contribution in [0.25, 0.3) is 11.1 Å². The van der Waals surface area contributed by atoms with E-state index in [1.165, 1.54) is 12.1 Å². The predicted molar refractivity (Wildman–Crippen MR) is 151 cm³/mol. The molecule has 1 fully saturated rings. The normalized spacial score (nSPS) is 16.1. The highest BCUT2D eigenvalue weighted by molar-refractivity contribution is 5.92. The number of halogens is 1. The molecule has 2 aliphatic rings. The molecule has 8 heteroatoms. The van der Waals surface area contributed by atoms with E-state index in [-0.39, 0.29) is 17.0 Å². The van der Waals surface area contributed by atoms with Crippen LogP contribution < -0.4 is 14.2 Å². The first-order valence-electron chi connectivity index (χ1n) is 13.7. The van der Waals surface area contributed by atoms with Gasteiger partial charge in [-0.1, -0.05) is 19.1 Å². The molecule has 0 N–H and O–H groups in total. The van der Waals surface area contributed by atoms with Crippen LogP contribution in [0.4, 0.5) is 4.39 Å². The Balaban J connectivity index is 1.10. The van der Waals surface area contributed by atoms with Gasteiger partial charge in [-0.2, -0.15) is 5.26 Å². The molecule has 1 aliphatic carbocycles. The first-order chi connectivity index (χ1) is 20.4. The first kappa shape index (κ1) is 27.2. The second-order valence-corrected chi connectivity index (χ2v) is 10.3. The lowest BCUT2D eigenvalue weighted by molar-refractivity contribution is 0.0725. The van der Waals surface area contributed by atoms with Crippen LogP contribution in [0, 0.1) is 17.1 Å². The summed E-state index contributed by atoms with van der Waals surface area (Å²) in [5.41, 5.74) is 4.20. The minimum atomic E-state index is -0.779. The maximum absolute atomic E-state index is 14.0. The third kappa shape index (κ3) is 5.73. The van der Waals surface area contributed by atoms with Gasteiger partial charge in [-0.3, -0.25) is 0 Å². The summed E-state index contributed by atoms with van der Waals surface area (Å²) in [6.45, 7) is 3.46. The summed E-state index contributed by atoms with van der Waals surface area (Å²) in [5, 5.41) is 8.90. The van der Waals surface area contributed by atoms with E-state index in [4.69, 9.17) is 24.2 Å². The summed E-state index contributed by atoms with van der Waals surface area (Å²) in [7, 11) is 0. The number of ether oxygens (including phenoxy) is 4. The Hall–Kier alpha value is -5.00. The molecule has 1 saturated heterocycles. The van der Waals surface area contributed by atoms with Crippen molar-refractivity contribution in [2.24, 2.45) is 0 Å². The zero-order chi connectivity index (χ0) is 29.2. The molecule has 0 saturated carbocycles. The zero-order valence-electron chi connectivity index (χ0n) is 22.8. The molecule has 2 unspecified atom stereocenters. The second kappa shape index (κ2) is 11.5. The summed E-state index contributed by atoms with van der Waals surface area (Å²) in [6, 6.07) is 23.1. The van der Waals surface area contributed by atoms with E-state index in [0.717, 1.165) is 47.8 Å². The predicted octanol–water partition coefficient (Wildman–Crippen LogP) is 6.83. The fourth-order valence-corrected chi connectivity index (χ4v) is 5.07. The quantitative estimate of drug-likeness (QED) is 0.0953. The van der Waals surface area contributed by atoms with Crippen LogP contribution in [0.5, 0.6) is 17.2 Å². The van der Waals surface area contributed by atoms with Gasteiger partial charge in [0.15, 0.2) is 0 Å². The second-order valence-electron chi connectivity index (χ2n) is 10.3. The number of fused-ring (bicyclic) bond motifs is 3. The van der Waals surface area contributed by atoms with Crippen LogP contribution in [0.3, 0.4) is 0 Å². The number of rotatable bonds is 9. The number of epoxide rings is 1. The molecule has 0 bridgehead atoms. The Kier molecular flexibility index (Phi) is 7.43. The fraction of sp³-hybridized carbons (Fsp3) is 0.206. The van der Waals surface area contributed by atoms with E-state index in [2.05, 4.69) is 0 Å². The van der Waals surface area contributed by atoms with E-state index in [9.17, 15) is 14.0 Å². The number of hydrogen-bond donors (Lipinski definition) is 0. The number of hydrogen-bond acceptors (Lipinski definition) is 7. The average Bonchev–Trinajstić information content (AvgIpc) is 3.79. The van der Waals surface area contributed by atoms with Crippen molar-refractivity contribution in [1.82, 2.24) is 0 Å². The topological polar surface area (TPSA) is 98.2 Å². The highest BCUT2D eigenvalue weighted by Crippen LogP contribution is 2.47. The summed E-state index contributed by atoms with van der Waals surface area (Å²) in [5.74, 6) is -0.583. The molecule has 7 nitrogen and oxygen atoms in total. The van der Waals surface area contributed by atoms with Crippen molar-refractivity contribution >= 4 is 11.9 Å². The van der Waals surface area contributed by atoms with Gasteiger partial charge < -0.3 is 18.9 Å². The molecule has 1 aliphatic heterocycles. The molecular formula is C34H26FNO6. The molecule has 0 amide bonds. The van der Waals surface area contributed by atoms with E-state index in [0.29, 0.717) is 35.5 Å². The molecule has 0 aromatic heterocycles. The summed E-state index contributed by atoms with van der Waals surface area (Å²) < 4.78 is 36.1. The van der Waals surface area contributed by atoms with Crippen molar-refractivity contribution in [1.29, 1.82) is 5.26 Å². The molecule has 1 heterocycles. The van der Waals surface area contributed by atoms with Crippen molar-refractivity contribution in [3.63, 3.8) is 0 Å². The number of carbonyl (C=O) groups excluding carboxylic acids is 2. The minimum Gasteiger partial charge on any atom is -0.494 e. The van der Waals surface area contributed by atoms with E-state index < -0.39 is 17.8 Å². The van der Waals surface area contributed by atoms with Crippen LogP contribution >= 0.6 is 0 Å². The Morgan fingerprint density at radius 2 is 1.43 bits per heavy atom. The van der Waals surface area contributed by atoms with Crippen molar-refractivity contribution in [2.45, 2.75) is 31.8 Å². The lowest BCUT2D eigenvalue weighted by atomic mass is 9.99. The monoisotopic (exact) mass is 563 g/mol. The largest absolute Gasteiger partial charge is 0.494 e. The molecule has 6 rings (SSSR count). The van der Waals surface area contributed by atoms with Gasteiger partial charge in [-0.05, 0) is 102 Å². The van der Waals surface area contributed by atoms with Gasteiger partial charge in [0.25, 0.3) is 0 Å². The Morgan fingerprint density at radius 1 is 0.857 bits per heavy atom. The zero-order valence-corrected chi connectivity index (χ0v) is 22.8. The summed E-state index contributed by atoms with van der Waals surface area (Å²) in [6.07, 6.45) is 2.30. The van der Waals surface area contributed by atoms with E-state index in [1.54, 1.807) is 48.5 Å². The molecule has 4 aromatic carbocycles. The van der Waals surface area contributed by atoms with Gasteiger partial charge in [0.2, 0.25) is 0 Å². The Bertz CT molecular complexity index is 1720. The SMILES string of the molecule is CC1c2cc(OC(=O)c3ccc(OCCCC4CO4)cc3)ccc2-c2ccc(OC(=O)c3ccc(C#N)c(F)c3)cc21. The summed E-state index contributed by atoms with van der Waals surface area (Å²) in [4.78, 5) is 25.4.